The summed E-state index contributed by atoms with van der Waals surface area (Å²) in [5, 5.41) is 11.8. The predicted molar refractivity (Wildman–Crippen MR) is 144 cm³/mol. The van der Waals surface area contributed by atoms with Crippen LogP contribution in [0.25, 0.3) is 33.3 Å². The molecule has 4 rings (SSSR count). The van der Waals surface area contributed by atoms with Gasteiger partial charge in [-0.25, -0.2) is 13.6 Å². The number of para-hydroxylation sites is 1. The highest BCUT2D eigenvalue weighted by atomic mass is 32.2. The second-order valence-electron chi connectivity index (χ2n) is 8.53. The Bertz CT molecular complexity index is 1460. The second kappa shape index (κ2) is 11.5. The first-order chi connectivity index (χ1) is 17.8. The summed E-state index contributed by atoms with van der Waals surface area (Å²) < 4.78 is 42.0. The second-order valence-corrected chi connectivity index (χ2v) is 9.79. The number of nitrogens with zero attached hydrogens (tertiary/aromatic N) is 1. The van der Waals surface area contributed by atoms with Crippen LogP contribution in [0.5, 0.6) is 5.75 Å². The van der Waals surface area contributed by atoms with Crippen molar-refractivity contribution in [3.63, 3.8) is 0 Å². The number of benzene rings is 3. The molecule has 2 unspecified atom stereocenters. The Balaban J connectivity index is 1.87. The first-order valence-electron chi connectivity index (χ1n) is 11.7. The Labute approximate surface area is 216 Å². The molecule has 0 aliphatic rings. The fourth-order valence-corrected chi connectivity index (χ4v) is 4.73. The number of pyridine rings is 1. The number of methoxy groups -OCH3 is 1. The van der Waals surface area contributed by atoms with Gasteiger partial charge in [-0.05, 0) is 43.2 Å². The number of aromatic nitrogens is 1. The number of nitrogens with one attached hydrogen (secondary N) is 1. The largest absolute Gasteiger partial charge is 0.496 e. The highest BCUT2D eigenvalue weighted by molar-refractivity contribution is 7.79. The molecule has 0 spiro atoms. The SMILES string of the molecule is COc1ccccc1-c1ccc(-c2nc3ccc(F)cc3c(NCCCC(=O)O)c2C(C)S(=O)O)cc1. The van der Waals surface area contributed by atoms with Crippen molar-refractivity contribution >= 4 is 33.6 Å². The number of rotatable bonds is 10. The number of carboxylic acid groups (broad SMARTS) is 1. The van der Waals surface area contributed by atoms with Gasteiger partial charge in [0, 0.05) is 35.0 Å². The number of anilines is 1. The van der Waals surface area contributed by atoms with Gasteiger partial charge in [-0.1, -0.05) is 42.5 Å². The van der Waals surface area contributed by atoms with Crippen molar-refractivity contribution in [1.82, 2.24) is 4.98 Å². The zero-order valence-corrected chi connectivity index (χ0v) is 21.2. The molecule has 0 saturated heterocycles. The van der Waals surface area contributed by atoms with Crippen LogP contribution in [-0.4, -0.2) is 38.5 Å². The summed E-state index contributed by atoms with van der Waals surface area (Å²) in [6, 6.07) is 19.5. The number of halogens is 1. The minimum Gasteiger partial charge on any atom is -0.496 e. The molecule has 1 aromatic heterocycles. The molecule has 3 aromatic carbocycles. The molecule has 0 amide bonds. The summed E-state index contributed by atoms with van der Waals surface area (Å²) in [5.41, 5.74) is 4.48. The van der Waals surface area contributed by atoms with Crippen LogP contribution in [0.3, 0.4) is 0 Å². The maximum atomic E-state index is 14.2. The average Bonchev–Trinajstić information content (AvgIpc) is 2.90. The van der Waals surface area contributed by atoms with Crippen molar-refractivity contribution in [1.29, 1.82) is 0 Å². The Morgan fingerprint density at radius 2 is 1.81 bits per heavy atom. The van der Waals surface area contributed by atoms with E-state index in [0.29, 0.717) is 39.8 Å². The monoisotopic (exact) mass is 522 g/mol. The number of hydrogen-bond donors (Lipinski definition) is 3. The third kappa shape index (κ3) is 5.79. The first-order valence-corrected chi connectivity index (χ1v) is 12.9. The lowest BCUT2D eigenvalue weighted by Crippen LogP contribution is -2.13. The van der Waals surface area contributed by atoms with Crippen LogP contribution in [-0.2, 0) is 15.9 Å². The van der Waals surface area contributed by atoms with Crippen molar-refractivity contribution in [3.8, 4) is 28.1 Å². The molecular formula is C28H27FN2O5S. The Hall–Kier alpha value is -3.82. The number of hydrogen-bond acceptors (Lipinski definition) is 5. The molecular weight excluding hydrogens is 495 g/mol. The molecule has 7 nitrogen and oxygen atoms in total. The third-order valence-electron chi connectivity index (χ3n) is 6.14. The van der Waals surface area contributed by atoms with Crippen molar-refractivity contribution in [2.45, 2.75) is 25.0 Å². The molecule has 2 atom stereocenters. The van der Waals surface area contributed by atoms with Gasteiger partial charge in [0.05, 0.1) is 29.3 Å². The van der Waals surface area contributed by atoms with Gasteiger partial charge >= 0.3 is 5.97 Å². The maximum Gasteiger partial charge on any atom is 0.303 e. The van der Waals surface area contributed by atoms with E-state index in [1.54, 1.807) is 20.1 Å². The Kier molecular flexibility index (Phi) is 8.15. The van der Waals surface area contributed by atoms with Crippen molar-refractivity contribution < 1.29 is 27.8 Å². The van der Waals surface area contributed by atoms with Gasteiger partial charge in [-0.3, -0.25) is 4.79 Å². The molecule has 3 N–H and O–H groups in total. The molecule has 4 aromatic rings. The summed E-state index contributed by atoms with van der Waals surface area (Å²) in [6.07, 6.45) is 0.284. The molecule has 0 aliphatic carbocycles. The average molecular weight is 523 g/mol. The van der Waals surface area contributed by atoms with Gasteiger partial charge < -0.3 is 19.7 Å². The van der Waals surface area contributed by atoms with Crippen molar-refractivity contribution in [3.05, 3.63) is 78.1 Å². The van der Waals surface area contributed by atoms with Crippen LogP contribution < -0.4 is 10.1 Å². The van der Waals surface area contributed by atoms with E-state index in [4.69, 9.17) is 14.8 Å². The lowest BCUT2D eigenvalue weighted by Gasteiger charge is -2.22. The molecule has 9 heteroatoms. The molecule has 0 aliphatic heterocycles. The van der Waals surface area contributed by atoms with E-state index in [0.717, 1.165) is 16.9 Å². The minimum atomic E-state index is -2.24. The summed E-state index contributed by atoms with van der Waals surface area (Å²) in [5.74, 6) is -0.659. The minimum absolute atomic E-state index is 0.0432. The standard InChI is InChI=1S/C28H27FN2O5S/c1-17(37(34)35)26-27(19-11-9-18(10-12-19)21-6-3-4-7-24(21)36-2)31-23-14-13-20(29)16-22(23)28(26)30-15-5-8-25(32)33/h3-4,6-7,9-14,16-17H,5,8,15H2,1-2H3,(H,30,31)(H,32,33)(H,34,35). The molecule has 0 bridgehead atoms. The molecule has 1 heterocycles. The quantitative estimate of drug-likeness (QED) is 0.166. The normalized spacial score (nSPS) is 12.8. The topological polar surface area (TPSA) is 109 Å². The van der Waals surface area contributed by atoms with Crippen LogP contribution in [0.4, 0.5) is 10.1 Å². The summed E-state index contributed by atoms with van der Waals surface area (Å²) in [4.78, 5) is 15.7. The lowest BCUT2D eigenvalue weighted by atomic mass is 9.96. The molecule has 0 fully saturated rings. The fourth-order valence-electron chi connectivity index (χ4n) is 4.30. The van der Waals surface area contributed by atoms with Crippen LogP contribution in [0, 0.1) is 5.82 Å². The fraction of sp³-hybridized carbons (Fsp3) is 0.214. The number of carbonyl (C=O) groups is 1. The van der Waals surface area contributed by atoms with E-state index in [1.165, 1.54) is 12.1 Å². The van der Waals surface area contributed by atoms with E-state index in [2.05, 4.69) is 5.32 Å². The summed E-state index contributed by atoms with van der Waals surface area (Å²) in [6.45, 7) is 1.89. The number of fused-ring (bicyclic) bond motifs is 1. The number of ether oxygens (including phenoxy) is 1. The zero-order chi connectivity index (χ0) is 26.5. The Morgan fingerprint density at radius 1 is 1.11 bits per heavy atom. The van der Waals surface area contributed by atoms with Crippen LogP contribution in [0.1, 0.15) is 30.6 Å². The van der Waals surface area contributed by atoms with E-state index < -0.39 is 28.1 Å². The molecule has 192 valence electrons. The van der Waals surface area contributed by atoms with E-state index in [1.807, 2.05) is 48.5 Å². The lowest BCUT2D eigenvalue weighted by molar-refractivity contribution is -0.137. The number of carboxylic acids is 1. The van der Waals surface area contributed by atoms with Crippen molar-refractivity contribution in [2.24, 2.45) is 0 Å². The maximum absolute atomic E-state index is 14.2. The predicted octanol–water partition coefficient (Wildman–Crippen LogP) is 6.28. The van der Waals surface area contributed by atoms with Gasteiger partial charge in [0.1, 0.15) is 11.6 Å². The van der Waals surface area contributed by atoms with Gasteiger partial charge in [-0.15, -0.1) is 0 Å². The highest BCUT2D eigenvalue weighted by Gasteiger charge is 2.25. The summed E-state index contributed by atoms with van der Waals surface area (Å²) >= 11 is -2.24. The van der Waals surface area contributed by atoms with E-state index >= 15 is 0 Å². The van der Waals surface area contributed by atoms with Crippen LogP contribution in [0.2, 0.25) is 0 Å². The Morgan fingerprint density at radius 3 is 2.49 bits per heavy atom. The summed E-state index contributed by atoms with van der Waals surface area (Å²) in [7, 11) is 1.61. The van der Waals surface area contributed by atoms with Gasteiger partial charge in [0.25, 0.3) is 0 Å². The first kappa shape index (κ1) is 26.2. The zero-order valence-electron chi connectivity index (χ0n) is 20.4. The van der Waals surface area contributed by atoms with E-state index in [9.17, 15) is 17.9 Å². The third-order valence-corrected chi connectivity index (χ3v) is 6.98. The van der Waals surface area contributed by atoms with Gasteiger partial charge in [0.15, 0.2) is 11.1 Å². The molecule has 0 saturated carbocycles. The van der Waals surface area contributed by atoms with E-state index in [-0.39, 0.29) is 13.0 Å². The highest BCUT2D eigenvalue weighted by Crippen LogP contribution is 2.40. The van der Waals surface area contributed by atoms with Crippen molar-refractivity contribution in [2.75, 3.05) is 19.0 Å². The van der Waals surface area contributed by atoms with Gasteiger partial charge in [0.2, 0.25) is 0 Å². The van der Waals surface area contributed by atoms with Crippen LogP contribution in [0.15, 0.2) is 66.7 Å². The van der Waals surface area contributed by atoms with Gasteiger partial charge in [-0.2, -0.15) is 0 Å². The molecule has 37 heavy (non-hydrogen) atoms. The smallest absolute Gasteiger partial charge is 0.303 e. The van der Waals surface area contributed by atoms with Crippen LogP contribution >= 0.6 is 0 Å². The molecule has 0 radical (unpaired) electrons. The number of aliphatic carboxylic acids is 1.